The minimum atomic E-state index is -0.468. The molecule has 0 bridgehead atoms. The van der Waals surface area contributed by atoms with E-state index in [4.69, 9.17) is 44.6 Å². The smallest absolute Gasteiger partial charge is 0.306 e. The van der Waals surface area contributed by atoms with Crippen LogP contribution in [0.3, 0.4) is 0 Å². The zero-order chi connectivity index (χ0) is 34.9. The molecule has 14 heteroatoms. The zero-order valence-electron chi connectivity index (χ0n) is 28.5. The van der Waals surface area contributed by atoms with Crippen molar-refractivity contribution in [2.24, 2.45) is 0 Å². The number of nitro groups is 1. The number of allylic oxidation sites excluding steroid dienone is 1. The molecular formula is C35H50N4O10. The van der Waals surface area contributed by atoms with Gasteiger partial charge in [-0.2, -0.15) is 0 Å². The average molecular weight is 687 g/mol. The van der Waals surface area contributed by atoms with Gasteiger partial charge in [0, 0.05) is 45.3 Å². The lowest BCUT2D eigenvalue weighted by molar-refractivity contribution is -0.419. The monoisotopic (exact) mass is 686 g/mol. The van der Waals surface area contributed by atoms with Gasteiger partial charge in [-0.1, -0.05) is 18.1 Å². The summed E-state index contributed by atoms with van der Waals surface area (Å²) in [5.41, 5.74) is 2.07. The number of benzene rings is 1. The fraction of sp³-hybridized carbons (Fsp3) is 0.600. The Hall–Kier alpha value is -3.68. The molecule has 0 spiro atoms. The number of carbonyl (C=O) groups excluding carboxylic acids is 1. The summed E-state index contributed by atoms with van der Waals surface area (Å²) in [5.74, 6) is 3.28. The van der Waals surface area contributed by atoms with Crippen LogP contribution in [0.5, 0.6) is 0 Å². The quantitative estimate of drug-likeness (QED) is 0.0425. The van der Waals surface area contributed by atoms with E-state index >= 15 is 0 Å². The first-order valence-corrected chi connectivity index (χ1v) is 16.7. The van der Waals surface area contributed by atoms with Gasteiger partial charge in [-0.25, -0.2) is 4.98 Å². The van der Waals surface area contributed by atoms with Gasteiger partial charge in [0.1, 0.15) is 11.9 Å². The maximum atomic E-state index is 11.9. The second-order valence-electron chi connectivity index (χ2n) is 11.2. The Bertz CT molecular complexity index is 1360. The third-order valence-electron chi connectivity index (χ3n) is 7.23. The molecule has 0 aliphatic heterocycles. The van der Waals surface area contributed by atoms with Crippen LogP contribution in [0.15, 0.2) is 48.2 Å². The number of hydrogen-bond acceptors (Lipinski definition) is 12. The predicted molar refractivity (Wildman–Crippen MR) is 182 cm³/mol. The highest BCUT2D eigenvalue weighted by Gasteiger charge is 2.18. The van der Waals surface area contributed by atoms with Crippen LogP contribution in [0.25, 0.3) is 11.0 Å². The Kier molecular flexibility index (Phi) is 19.8. The highest BCUT2D eigenvalue weighted by atomic mass is 16.6. The third-order valence-corrected chi connectivity index (χ3v) is 7.23. The van der Waals surface area contributed by atoms with E-state index in [1.165, 1.54) is 18.2 Å². The summed E-state index contributed by atoms with van der Waals surface area (Å²) >= 11 is 0. The zero-order valence-corrected chi connectivity index (χ0v) is 28.5. The van der Waals surface area contributed by atoms with E-state index in [1.807, 2.05) is 25.2 Å². The normalized spacial score (nSPS) is 14.3. The van der Waals surface area contributed by atoms with E-state index in [1.54, 1.807) is 0 Å². The number of hydrogen-bond donors (Lipinski definition) is 0. The number of carbonyl (C=O) groups is 1. The van der Waals surface area contributed by atoms with Gasteiger partial charge in [-0.05, 0) is 44.2 Å². The number of terminal acetylenes is 1. The van der Waals surface area contributed by atoms with Crippen molar-refractivity contribution in [2.75, 3.05) is 92.9 Å². The van der Waals surface area contributed by atoms with E-state index < -0.39 is 11.0 Å². The van der Waals surface area contributed by atoms with Crippen molar-refractivity contribution in [3.8, 4) is 12.3 Å². The number of fused-ring (bicyclic) bond motifs is 1. The van der Waals surface area contributed by atoms with E-state index in [2.05, 4.69) is 21.5 Å². The summed E-state index contributed by atoms with van der Waals surface area (Å²) in [6, 6.07) is 8.09. The number of para-hydroxylation sites is 2. The molecule has 3 rings (SSSR count). The van der Waals surface area contributed by atoms with Crippen molar-refractivity contribution in [1.82, 2.24) is 14.5 Å². The first-order chi connectivity index (χ1) is 24.0. The van der Waals surface area contributed by atoms with Crippen LogP contribution >= 0.6 is 0 Å². The predicted octanol–water partition coefficient (Wildman–Crippen LogP) is 3.40. The number of ether oxygens (including phenoxy) is 7. The minimum absolute atomic E-state index is 0.0140. The van der Waals surface area contributed by atoms with Gasteiger partial charge < -0.3 is 37.7 Å². The lowest BCUT2D eigenvalue weighted by Gasteiger charge is -2.15. The standard InChI is InChI=1S/C35H50N4O10/c1-3-15-37(2)29-34-36-32-8-4-5-9-33(32)38(34)16-20-46-24-28-48-27-23-45-19-7-18-44-22-26-47-25-21-43-17-6-10-35(40)49-31-13-11-30(12-14-31)39(41)42/h1,4-5,8-9,11-13,31H,6-7,10,14-29H2,2H3. The minimum Gasteiger partial charge on any atom is -0.458 e. The molecule has 1 aromatic carbocycles. The molecule has 14 nitrogen and oxygen atoms in total. The molecule has 0 amide bonds. The summed E-state index contributed by atoms with van der Waals surface area (Å²) in [6.45, 7) is 7.94. The van der Waals surface area contributed by atoms with Gasteiger partial charge >= 0.3 is 5.97 Å². The number of nitrogens with zero attached hydrogens (tertiary/aromatic N) is 4. The SMILES string of the molecule is C#CCN(C)Cc1nc2ccccc2n1CCOCCOCCOCCCOCCOCCOCCCC(=O)OC1C=CC([N+](=O)[O-])=CC1. The molecule has 0 radical (unpaired) electrons. The van der Waals surface area contributed by atoms with Crippen LogP contribution < -0.4 is 0 Å². The molecule has 2 aromatic rings. The molecular weight excluding hydrogens is 636 g/mol. The van der Waals surface area contributed by atoms with Crippen LogP contribution in [0.1, 0.15) is 31.5 Å². The van der Waals surface area contributed by atoms with Gasteiger partial charge in [0.05, 0.1) is 88.5 Å². The highest BCUT2D eigenvalue weighted by molar-refractivity contribution is 5.75. The Balaban J connectivity index is 1.04. The summed E-state index contributed by atoms with van der Waals surface area (Å²) in [6.07, 6.45) is 11.2. The van der Waals surface area contributed by atoms with Crippen LogP contribution in [-0.4, -0.2) is 124 Å². The van der Waals surface area contributed by atoms with Gasteiger partial charge in [0.15, 0.2) is 0 Å². The molecule has 0 N–H and O–H groups in total. The van der Waals surface area contributed by atoms with E-state index in [0.29, 0.717) is 112 Å². The molecule has 0 saturated heterocycles. The van der Waals surface area contributed by atoms with Crippen molar-refractivity contribution < 1.29 is 42.9 Å². The van der Waals surface area contributed by atoms with Crippen molar-refractivity contribution in [2.45, 2.75) is 44.9 Å². The Labute approximate surface area is 288 Å². The van der Waals surface area contributed by atoms with Gasteiger partial charge in [-0.15, -0.1) is 6.42 Å². The number of aromatic nitrogens is 2. The molecule has 0 saturated carbocycles. The van der Waals surface area contributed by atoms with Crippen LogP contribution in [0.2, 0.25) is 0 Å². The second-order valence-corrected chi connectivity index (χ2v) is 11.2. The third kappa shape index (κ3) is 16.5. The molecule has 1 aliphatic rings. The largest absolute Gasteiger partial charge is 0.458 e. The highest BCUT2D eigenvalue weighted by Crippen LogP contribution is 2.17. The Morgan fingerprint density at radius 3 is 2.12 bits per heavy atom. The summed E-state index contributed by atoms with van der Waals surface area (Å²) in [7, 11) is 1.99. The average Bonchev–Trinajstić information content (AvgIpc) is 3.43. The molecule has 1 atom stereocenters. The Morgan fingerprint density at radius 2 is 1.53 bits per heavy atom. The first-order valence-electron chi connectivity index (χ1n) is 16.7. The Morgan fingerprint density at radius 1 is 0.939 bits per heavy atom. The molecule has 270 valence electrons. The number of esters is 1. The van der Waals surface area contributed by atoms with Crippen LogP contribution in [0.4, 0.5) is 0 Å². The van der Waals surface area contributed by atoms with Gasteiger partial charge in [0.25, 0.3) is 5.70 Å². The summed E-state index contributed by atoms with van der Waals surface area (Å²) in [4.78, 5) is 29.0. The topological polar surface area (TPSA) is 146 Å². The maximum Gasteiger partial charge on any atom is 0.306 e. The molecule has 1 aliphatic carbocycles. The van der Waals surface area contributed by atoms with Gasteiger partial charge in [0.2, 0.25) is 0 Å². The molecule has 1 aromatic heterocycles. The lowest BCUT2D eigenvalue weighted by Crippen LogP contribution is -2.21. The number of rotatable bonds is 28. The maximum absolute atomic E-state index is 11.9. The van der Waals surface area contributed by atoms with Gasteiger partial charge in [-0.3, -0.25) is 19.8 Å². The van der Waals surface area contributed by atoms with Crippen LogP contribution in [-0.2, 0) is 51.0 Å². The summed E-state index contributed by atoms with van der Waals surface area (Å²) in [5, 5.41) is 10.7. The first kappa shape index (κ1) is 39.8. The lowest BCUT2D eigenvalue weighted by atomic mass is 10.1. The molecule has 1 heterocycles. The fourth-order valence-corrected chi connectivity index (χ4v) is 4.81. The van der Waals surface area contributed by atoms with E-state index in [9.17, 15) is 14.9 Å². The van der Waals surface area contributed by atoms with E-state index in [0.717, 1.165) is 23.3 Å². The fourth-order valence-electron chi connectivity index (χ4n) is 4.81. The van der Waals surface area contributed by atoms with Crippen molar-refractivity contribution in [3.63, 3.8) is 0 Å². The molecule has 1 unspecified atom stereocenters. The second kappa shape index (κ2) is 24.5. The van der Waals surface area contributed by atoms with Crippen molar-refractivity contribution in [3.05, 3.63) is 64.1 Å². The van der Waals surface area contributed by atoms with Crippen molar-refractivity contribution >= 4 is 17.0 Å². The molecule has 0 fully saturated rings. The van der Waals surface area contributed by atoms with Crippen LogP contribution in [0, 0.1) is 22.5 Å². The van der Waals surface area contributed by atoms with E-state index in [-0.39, 0.29) is 18.1 Å². The van der Waals surface area contributed by atoms with Crippen molar-refractivity contribution in [1.29, 1.82) is 0 Å². The molecule has 49 heavy (non-hydrogen) atoms. The number of imidazole rings is 1. The summed E-state index contributed by atoms with van der Waals surface area (Å²) < 4.78 is 41.0.